The van der Waals surface area contributed by atoms with Crippen LogP contribution in [0.25, 0.3) is 0 Å². The van der Waals surface area contributed by atoms with Crippen molar-refractivity contribution in [1.29, 1.82) is 0 Å². The predicted octanol–water partition coefficient (Wildman–Crippen LogP) is 3.15. The van der Waals surface area contributed by atoms with Crippen LogP contribution < -0.4 is 0 Å². The molecule has 0 rings (SSSR count). The van der Waals surface area contributed by atoms with Crippen molar-refractivity contribution in [1.82, 2.24) is 0 Å². The molecule has 0 heterocycles. The van der Waals surface area contributed by atoms with E-state index in [4.69, 9.17) is 5.11 Å². The van der Waals surface area contributed by atoms with E-state index in [9.17, 15) is 4.79 Å². The summed E-state index contributed by atoms with van der Waals surface area (Å²) in [5.74, 6) is -0.836. The fraction of sp³-hybridized carbons (Fsp3) is 0.545. The molecule has 1 N–H and O–H groups in total. The van der Waals surface area contributed by atoms with Crippen molar-refractivity contribution < 1.29 is 9.90 Å². The average molecular weight is 182 g/mol. The molecule has 0 aromatic rings. The van der Waals surface area contributed by atoms with Gasteiger partial charge in [-0.1, -0.05) is 31.9 Å². The number of carbonyl (C=O) groups is 1. The van der Waals surface area contributed by atoms with Gasteiger partial charge in [0.2, 0.25) is 0 Å². The van der Waals surface area contributed by atoms with Gasteiger partial charge >= 0.3 is 5.97 Å². The summed E-state index contributed by atoms with van der Waals surface area (Å²) < 4.78 is 0. The van der Waals surface area contributed by atoms with Gasteiger partial charge in [0.15, 0.2) is 0 Å². The van der Waals surface area contributed by atoms with Crippen molar-refractivity contribution in [3.05, 3.63) is 23.3 Å². The Kier molecular flexibility index (Phi) is 5.94. The van der Waals surface area contributed by atoms with Gasteiger partial charge in [-0.05, 0) is 25.8 Å². The van der Waals surface area contributed by atoms with Crippen LogP contribution in [0.1, 0.15) is 40.0 Å². The zero-order chi connectivity index (χ0) is 10.3. The molecular weight excluding hydrogens is 164 g/mol. The Hall–Kier alpha value is -1.05. The number of carboxylic acid groups (broad SMARTS) is 1. The molecule has 0 amide bonds. The van der Waals surface area contributed by atoms with Gasteiger partial charge in [-0.3, -0.25) is 0 Å². The second-order valence-electron chi connectivity index (χ2n) is 3.16. The first-order valence-corrected chi connectivity index (χ1v) is 4.67. The van der Waals surface area contributed by atoms with E-state index in [2.05, 4.69) is 6.92 Å². The Morgan fingerprint density at radius 2 is 2.00 bits per heavy atom. The summed E-state index contributed by atoms with van der Waals surface area (Å²) >= 11 is 0. The summed E-state index contributed by atoms with van der Waals surface area (Å²) in [4.78, 5) is 10.5. The molecule has 0 fully saturated rings. The van der Waals surface area contributed by atoms with E-state index < -0.39 is 5.97 Å². The Bertz CT molecular complexity index is 224. The van der Waals surface area contributed by atoms with Crippen LogP contribution in [0.4, 0.5) is 0 Å². The van der Waals surface area contributed by atoms with Gasteiger partial charge in [0.05, 0.1) is 0 Å². The van der Waals surface area contributed by atoms with Gasteiger partial charge < -0.3 is 5.11 Å². The number of unbranched alkanes of at least 4 members (excludes halogenated alkanes) is 2. The number of allylic oxidation sites excluding steroid dienone is 3. The maximum absolute atomic E-state index is 10.5. The monoisotopic (exact) mass is 182 g/mol. The van der Waals surface area contributed by atoms with E-state index in [-0.39, 0.29) is 0 Å². The molecule has 0 spiro atoms. The van der Waals surface area contributed by atoms with Crippen molar-refractivity contribution in [2.45, 2.75) is 40.0 Å². The summed E-state index contributed by atoms with van der Waals surface area (Å²) in [7, 11) is 0. The van der Waals surface area contributed by atoms with E-state index in [0.717, 1.165) is 18.4 Å². The largest absolute Gasteiger partial charge is 0.478 e. The number of carboxylic acids is 1. The second-order valence-corrected chi connectivity index (χ2v) is 3.16. The normalized spacial score (nSPS) is 13.2. The van der Waals surface area contributed by atoms with Gasteiger partial charge in [0.1, 0.15) is 0 Å². The molecule has 13 heavy (non-hydrogen) atoms. The molecule has 0 unspecified atom stereocenters. The molecule has 0 aromatic heterocycles. The van der Waals surface area contributed by atoms with Crippen LogP contribution >= 0.6 is 0 Å². The topological polar surface area (TPSA) is 37.3 Å². The molecule has 0 aliphatic rings. The lowest BCUT2D eigenvalue weighted by Gasteiger charge is -1.96. The third-order valence-electron chi connectivity index (χ3n) is 2.00. The minimum Gasteiger partial charge on any atom is -0.478 e. The van der Waals surface area contributed by atoms with Crippen LogP contribution in [-0.2, 0) is 4.79 Å². The fourth-order valence-corrected chi connectivity index (χ4v) is 0.876. The summed E-state index contributed by atoms with van der Waals surface area (Å²) in [5.41, 5.74) is 1.26. The molecule has 0 aliphatic carbocycles. The van der Waals surface area contributed by atoms with Gasteiger partial charge in [-0.25, -0.2) is 4.79 Å². The second kappa shape index (κ2) is 6.46. The smallest absolute Gasteiger partial charge is 0.331 e. The molecular formula is C11H18O2. The highest BCUT2D eigenvalue weighted by atomic mass is 16.4. The number of aliphatic carboxylic acids is 1. The first kappa shape index (κ1) is 11.9. The highest BCUT2D eigenvalue weighted by Crippen LogP contribution is 2.06. The zero-order valence-electron chi connectivity index (χ0n) is 8.63. The minimum atomic E-state index is -0.836. The van der Waals surface area contributed by atoms with E-state index in [1.54, 1.807) is 6.92 Å². The number of rotatable bonds is 5. The van der Waals surface area contributed by atoms with Crippen molar-refractivity contribution >= 4 is 5.97 Å². The van der Waals surface area contributed by atoms with E-state index in [0.29, 0.717) is 5.57 Å². The Morgan fingerprint density at radius 3 is 2.46 bits per heavy atom. The highest BCUT2D eigenvalue weighted by Gasteiger charge is 2.01. The van der Waals surface area contributed by atoms with Gasteiger partial charge in [0.25, 0.3) is 0 Å². The highest BCUT2D eigenvalue weighted by molar-refractivity contribution is 5.87. The lowest BCUT2D eigenvalue weighted by atomic mass is 10.1. The number of hydrogen-bond acceptors (Lipinski definition) is 1. The first-order chi connectivity index (χ1) is 6.09. The van der Waals surface area contributed by atoms with Crippen LogP contribution in [0.15, 0.2) is 23.3 Å². The van der Waals surface area contributed by atoms with E-state index in [1.165, 1.54) is 6.42 Å². The van der Waals surface area contributed by atoms with Crippen LogP contribution in [0.5, 0.6) is 0 Å². The summed E-state index contributed by atoms with van der Waals surface area (Å²) in [6.07, 6.45) is 7.28. The Morgan fingerprint density at radius 1 is 1.38 bits per heavy atom. The summed E-state index contributed by atoms with van der Waals surface area (Å²) in [6.45, 7) is 5.59. The molecule has 2 nitrogen and oxygen atoms in total. The zero-order valence-corrected chi connectivity index (χ0v) is 8.63. The van der Waals surface area contributed by atoms with Gasteiger partial charge in [-0.2, -0.15) is 0 Å². The van der Waals surface area contributed by atoms with Crippen molar-refractivity contribution in [3.63, 3.8) is 0 Å². The molecule has 0 bridgehead atoms. The van der Waals surface area contributed by atoms with Crippen molar-refractivity contribution in [2.75, 3.05) is 0 Å². The third-order valence-corrected chi connectivity index (χ3v) is 2.00. The Labute approximate surface area is 80.0 Å². The van der Waals surface area contributed by atoms with Crippen molar-refractivity contribution in [3.8, 4) is 0 Å². The standard InChI is InChI=1S/C11H18O2/c1-4-5-6-7-8-9(2)10(3)11(12)13/h7-8H,4-6H2,1-3H3,(H,12,13)/b8-7+,10-9-. The molecule has 0 radical (unpaired) electrons. The minimum absolute atomic E-state index is 0.424. The van der Waals surface area contributed by atoms with Crippen LogP contribution in [0.3, 0.4) is 0 Å². The summed E-state index contributed by atoms with van der Waals surface area (Å²) in [6, 6.07) is 0. The quantitative estimate of drug-likeness (QED) is 0.403. The SMILES string of the molecule is CCCC/C=C/C(C)=C(/C)C(=O)O. The molecule has 2 heteroatoms. The van der Waals surface area contributed by atoms with Gasteiger partial charge in [-0.15, -0.1) is 0 Å². The molecule has 0 aliphatic heterocycles. The molecule has 0 saturated heterocycles. The van der Waals surface area contributed by atoms with Crippen LogP contribution in [-0.4, -0.2) is 11.1 Å². The Balaban J connectivity index is 4.11. The molecule has 0 aromatic carbocycles. The fourth-order valence-electron chi connectivity index (χ4n) is 0.876. The van der Waals surface area contributed by atoms with Crippen molar-refractivity contribution in [2.24, 2.45) is 0 Å². The van der Waals surface area contributed by atoms with E-state index >= 15 is 0 Å². The number of hydrogen-bond donors (Lipinski definition) is 1. The maximum atomic E-state index is 10.5. The van der Waals surface area contributed by atoms with E-state index in [1.807, 2.05) is 19.1 Å². The predicted molar refractivity (Wildman–Crippen MR) is 54.7 cm³/mol. The molecule has 74 valence electrons. The first-order valence-electron chi connectivity index (χ1n) is 4.67. The lowest BCUT2D eigenvalue weighted by molar-refractivity contribution is -0.132. The van der Waals surface area contributed by atoms with Crippen LogP contribution in [0, 0.1) is 0 Å². The third kappa shape index (κ3) is 5.23. The molecule has 0 saturated carbocycles. The molecule has 0 atom stereocenters. The van der Waals surface area contributed by atoms with Gasteiger partial charge in [0, 0.05) is 5.57 Å². The van der Waals surface area contributed by atoms with Crippen LogP contribution in [0.2, 0.25) is 0 Å². The lowest BCUT2D eigenvalue weighted by Crippen LogP contribution is -1.97. The maximum Gasteiger partial charge on any atom is 0.331 e. The average Bonchev–Trinajstić information content (AvgIpc) is 2.10. The summed E-state index contributed by atoms with van der Waals surface area (Å²) in [5, 5.41) is 8.66.